The number of anilines is 1. The van der Waals surface area contributed by atoms with Crippen molar-refractivity contribution in [2.75, 3.05) is 18.0 Å². The van der Waals surface area contributed by atoms with Crippen molar-refractivity contribution in [3.8, 4) is 0 Å². The Morgan fingerprint density at radius 1 is 1.14 bits per heavy atom. The molecule has 28 heavy (non-hydrogen) atoms. The Hall–Kier alpha value is -2.63. The largest absolute Gasteiger partial charge is 0.355 e. The molecule has 0 bridgehead atoms. The van der Waals surface area contributed by atoms with Crippen LogP contribution in [0, 0.1) is 0 Å². The van der Waals surface area contributed by atoms with Gasteiger partial charge in [-0.25, -0.2) is 4.79 Å². The monoisotopic (exact) mass is 379 g/mol. The van der Waals surface area contributed by atoms with Crippen molar-refractivity contribution >= 4 is 11.8 Å². The first-order valence-corrected chi connectivity index (χ1v) is 10.4. The van der Waals surface area contributed by atoms with Crippen molar-refractivity contribution in [3.63, 3.8) is 0 Å². The normalized spacial score (nSPS) is 18.2. The number of aryl methyl sites for hydroxylation is 2. The number of nitrogens with zero attached hydrogens (tertiary/aromatic N) is 3. The summed E-state index contributed by atoms with van der Waals surface area (Å²) >= 11 is 0. The van der Waals surface area contributed by atoms with E-state index in [9.17, 15) is 4.79 Å². The van der Waals surface area contributed by atoms with Crippen LogP contribution in [-0.2, 0) is 12.8 Å². The lowest BCUT2D eigenvalue weighted by atomic mass is 9.89. The maximum Gasteiger partial charge on any atom is 0.315 e. The van der Waals surface area contributed by atoms with Gasteiger partial charge in [-0.1, -0.05) is 18.2 Å². The van der Waals surface area contributed by atoms with Gasteiger partial charge in [0.15, 0.2) is 5.82 Å². The lowest BCUT2D eigenvalue weighted by Crippen LogP contribution is -2.48. The summed E-state index contributed by atoms with van der Waals surface area (Å²) in [6.45, 7) is 3.81. The molecule has 1 aliphatic heterocycles. The number of hydrogen-bond donors (Lipinski definition) is 2. The average Bonchev–Trinajstić information content (AvgIpc) is 2.74. The molecule has 1 atom stereocenters. The molecule has 1 saturated heterocycles. The SMILES string of the molecule is CC(NC(=O)NC1CCN(c2cccnn2)CC1)c1ccc2c(c1)CCCC2. The Bertz CT molecular complexity index is 802. The van der Waals surface area contributed by atoms with Crippen LogP contribution in [0.4, 0.5) is 10.6 Å². The molecular formula is C22H29N5O. The molecule has 1 aliphatic carbocycles. The van der Waals surface area contributed by atoms with Gasteiger partial charge in [0.1, 0.15) is 0 Å². The van der Waals surface area contributed by atoms with Crippen LogP contribution in [0.2, 0.25) is 0 Å². The maximum atomic E-state index is 12.5. The minimum absolute atomic E-state index is 0.00640. The van der Waals surface area contributed by atoms with Crippen LogP contribution >= 0.6 is 0 Å². The summed E-state index contributed by atoms with van der Waals surface area (Å²) in [6, 6.07) is 10.7. The maximum absolute atomic E-state index is 12.5. The highest BCUT2D eigenvalue weighted by atomic mass is 16.2. The van der Waals surface area contributed by atoms with E-state index in [-0.39, 0.29) is 18.1 Å². The Morgan fingerprint density at radius 3 is 2.68 bits per heavy atom. The van der Waals surface area contributed by atoms with Gasteiger partial charge < -0.3 is 15.5 Å². The molecule has 148 valence electrons. The Morgan fingerprint density at radius 2 is 1.93 bits per heavy atom. The molecule has 2 aliphatic rings. The molecule has 6 nitrogen and oxygen atoms in total. The molecule has 1 aromatic heterocycles. The highest BCUT2D eigenvalue weighted by molar-refractivity contribution is 5.74. The van der Waals surface area contributed by atoms with Gasteiger partial charge in [0.25, 0.3) is 0 Å². The van der Waals surface area contributed by atoms with Crippen LogP contribution < -0.4 is 15.5 Å². The van der Waals surface area contributed by atoms with E-state index in [1.165, 1.54) is 36.0 Å². The highest BCUT2D eigenvalue weighted by Gasteiger charge is 2.22. The summed E-state index contributed by atoms with van der Waals surface area (Å²) in [6.07, 6.45) is 8.42. The molecule has 1 aromatic carbocycles. The second kappa shape index (κ2) is 8.59. The summed E-state index contributed by atoms with van der Waals surface area (Å²) in [4.78, 5) is 14.7. The van der Waals surface area contributed by atoms with Gasteiger partial charge in [0.2, 0.25) is 0 Å². The molecule has 2 heterocycles. The van der Waals surface area contributed by atoms with Crippen molar-refractivity contribution in [2.24, 2.45) is 0 Å². The Balaban J connectivity index is 1.27. The van der Waals surface area contributed by atoms with E-state index in [1.807, 2.05) is 12.1 Å². The number of urea groups is 1. The predicted octanol–water partition coefficient (Wildman–Crippen LogP) is 3.38. The van der Waals surface area contributed by atoms with Crippen molar-refractivity contribution in [3.05, 3.63) is 53.2 Å². The second-order valence-corrected chi connectivity index (χ2v) is 7.92. The minimum atomic E-state index is -0.0804. The summed E-state index contributed by atoms with van der Waals surface area (Å²) < 4.78 is 0. The van der Waals surface area contributed by atoms with E-state index < -0.39 is 0 Å². The van der Waals surface area contributed by atoms with Crippen molar-refractivity contribution < 1.29 is 4.79 Å². The summed E-state index contributed by atoms with van der Waals surface area (Å²) in [5.41, 5.74) is 4.11. The lowest BCUT2D eigenvalue weighted by molar-refractivity contribution is 0.231. The molecule has 0 spiro atoms. The zero-order chi connectivity index (χ0) is 19.3. The van der Waals surface area contributed by atoms with Gasteiger partial charge in [-0.3, -0.25) is 0 Å². The van der Waals surface area contributed by atoms with Crippen LogP contribution in [-0.4, -0.2) is 35.4 Å². The number of benzene rings is 1. The van der Waals surface area contributed by atoms with Gasteiger partial charge >= 0.3 is 6.03 Å². The van der Waals surface area contributed by atoms with E-state index in [1.54, 1.807) is 6.20 Å². The molecule has 6 heteroatoms. The highest BCUT2D eigenvalue weighted by Crippen LogP contribution is 2.25. The van der Waals surface area contributed by atoms with Gasteiger partial charge in [-0.2, -0.15) is 5.10 Å². The van der Waals surface area contributed by atoms with Crippen LogP contribution in [0.3, 0.4) is 0 Å². The van der Waals surface area contributed by atoms with E-state index >= 15 is 0 Å². The van der Waals surface area contributed by atoms with Gasteiger partial charge in [0.05, 0.1) is 6.04 Å². The lowest BCUT2D eigenvalue weighted by Gasteiger charge is -2.33. The standard InChI is InChI=1S/C22H29N5O/c1-16(18-9-8-17-5-2-3-6-19(17)15-18)24-22(28)25-20-10-13-27(14-11-20)21-7-4-12-23-26-21/h4,7-9,12,15-16,20H,2-3,5-6,10-11,13-14H2,1H3,(H2,24,25,28). The van der Waals surface area contributed by atoms with E-state index in [0.29, 0.717) is 0 Å². The van der Waals surface area contributed by atoms with Crippen LogP contribution in [0.25, 0.3) is 0 Å². The van der Waals surface area contributed by atoms with Gasteiger partial charge in [-0.15, -0.1) is 5.10 Å². The minimum Gasteiger partial charge on any atom is -0.355 e. The summed E-state index contributed by atoms with van der Waals surface area (Å²) in [5, 5.41) is 14.4. The Labute approximate surface area is 166 Å². The molecule has 1 unspecified atom stereocenters. The number of piperidine rings is 1. The van der Waals surface area contributed by atoms with Gasteiger partial charge in [0, 0.05) is 25.3 Å². The predicted molar refractivity (Wildman–Crippen MR) is 110 cm³/mol. The fourth-order valence-electron chi connectivity index (χ4n) is 4.24. The number of aromatic nitrogens is 2. The fraction of sp³-hybridized carbons (Fsp3) is 0.500. The first kappa shape index (κ1) is 18.7. The first-order valence-electron chi connectivity index (χ1n) is 10.4. The summed E-state index contributed by atoms with van der Waals surface area (Å²) in [7, 11) is 0. The number of amides is 2. The quantitative estimate of drug-likeness (QED) is 0.854. The van der Waals surface area contributed by atoms with E-state index in [4.69, 9.17) is 0 Å². The number of hydrogen-bond acceptors (Lipinski definition) is 4. The molecular weight excluding hydrogens is 350 g/mol. The smallest absolute Gasteiger partial charge is 0.315 e. The van der Waals surface area contributed by atoms with Crippen LogP contribution in [0.15, 0.2) is 36.5 Å². The molecule has 0 saturated carbocycles. The first-order chi connectivity index (χ1) is 13.7. The zero-order valence-corrected chi connectivity index (χ0v) is 16.5. The third-order valence-corrected chi connectivity index (χ3v) is 5.93. The Kier molecular flexibility index (Phi) is 5.74. The average molecular weight is 380 g/mol. The number of carbonyl (C=O) groups is 1. The third-order valence-electron chi connectivity index (χ3n) is 5.93. The van der Waals surface area contributed by atoms with Gasteiger partial charge in [-0.05, 0) is 74.3 Å². The molecule has 2 aromatic rings. The topological polar surface area (TPSA) is 70.2 Å². The number of rotatable bonds is 4. The van der Waals surface area contributed by atoms with Crippen molar-refractivity contribution in [1.29, 1.82) is 0 Å². The number of carbonyl (C=O) groups excluding carboxylic acids is 1. The van der Waals surface area contributed by atoms with Crippen molar-refractivity contribution in [2.45, 2.75) is 57.5 Å². The number of nitrogens with one attached hydrogen (secondary N) is 2. The van der Waals surface area contributed by atoms with Crippen LogP contribution in [0.1, 0.15) is 55.3 Å². The molecule has 2 amide bonds. The second-order valence-electron chi connectivity index (χ2n) is 7.92. The van der Waals surface area contributed by atoms with Crippen LogP contribution in [0.5, 0.6) is 0 Å². The van der Waals surface area contributed by atoms with E-state index in [2.05, 4.69) is 50.9 Å². The number of fused-ring (bicyclic) bond motifs is 1. The molecule has 1 fully saturated rings. The molecule has 0 radical (unpaired) electrons. The summed E-state index contributed by atoms with van der Waals surface area (Å²) in [5.74, 6) is 0.909. The van der Waals surface area contributed by atoms with Crippen molar-refractivity contribution in [1.82, 2.24) is 20.8 Å². The third kappa shape index (κ3) is 4.43. The molecule has 4 rings (SSSR count). The molecule has 2 N–H and O–H groups in total. The van der Waals surface area contributed by atoms with E-state index in [0.717, 1.165) is 38.2 Å². The fourth-order valence-corrected chi connectivity index (χ4v) is 4.24. The zero-order valence-electron chi connectivity index (χ0n) is 16.5.